The zero-order chi connectivity index (χ0) is 10.4. The van der Waals surface area contributed by atoms with Crippen LogP contribution in [0.2, 0.25) is 0 Å². The lowest BCUT2D eigenvalue weighted by molar-refractivity contribution is 0.614. The van der Waals surface area contributed by atoms with Gasteiger partial charge in [-0.25, -0.2) is 8.42 Å². The second kappa shape index (κ2) is 5.81. The summed E-state index contributed by atoms with van der Waals surface area (Å²) < 4.78 is 21.4. The highest BCUT2D eigenvalue weighted by Crippen LogP contribution is 2.10. The molecule has 0 bridgehead atoms. The molecule has 1 aromatic carbocycles. The number of aryl methyl sites for hydroxylation is 1. The van der Waals surface area contributed by atoms with Crippen molar-refractivity contribution >= 4 is 10.7 Å². The molecule has 0 radical (unpaired) electrons. The molecule has 0 saturated heterocycles. The van der Waals surface area contributed by atoms with Crippen molar-refractivity contribution in [1.29, 1.82) is 0 Å². The number of hydrogen-bond donors (Lipinski definition) is 1. The minimum atomic E-state index is -2.43. The van der Waals surface area contributed by atoms with Gasteiger partial charge in [0.25, 0.3) is 0 Å². The third-order valence-corrected chi connectivity index (χ3v) is 2.89. The number of unbranched alkanes of at least 4 members (excludes halogenated alkanes) is 2. The van der Waals surface area contributed by atoms with E-state index in [1.807, 2.05) is 12.1 Å². The van der Waals surface area contributed by atoms with Gasteiger partial charge in [0.05, 0.1) is 4.90 Å². The van der Waals surface area contributed by atoms with Gasteiger partial charge in [0, 0.05) is 0 Å². The summed E-state index contributed by atoms with van der Waals surface area (Å²) in [7, 11) is -2.43. The summed E-state index contributed by atoms with van der Waals surface area (Å²) in [5, 5.41) is 0. The Morgan fingerprint density at radius 1 is 1.21 bits per heavy atom. The highest BCUT2D eigenvalue weighted by atomic mass is 32.2. The van der Waals surface area contributed by atoms with Crippen LogP contribution < -0.4 is 0 Å². The van der Waals surface area contributed by atoms with Gasteiger partial charge in [-0.1, -0.05) is 31.9 Å². The normalized spacial score (nSPS) is 10.7. The minimum Gasteiger partial charge on any atom is -0.227 e. The Kier molecular flexibility index (Phi) is 4.66. The number of benzene rings is 1. The maximum Gasteiger partial charge on any atom is 0.168 e. The van der Waals surface area contributed by atoms with Crippen LogP contribution in [0.15, 0.2) is 29.2 Å². The van der Waals surface area contributed by atoms with E-state index in [0.29, 0.717) is 4.90 Å². The van der Waals surface area contributed by atoms with Gasteiger partial charge >= 0.3 is 0 Å². The van der Waals surface area contributed by atoms with Crippen LogP contribution in [-0.4, -0.2) is 8.42 Å². The second-order valence-corrected chi connectivity index (χ2v) is 4.41. The van der Waals surface area contributed by atoms with Crippen LogP contribution in [0.3, 0.4) is 0 Å². The lowest BCUT2D eigenvalue weighted by atomic mass is 10.1. The number of rotatable bonds is 5. The molecule has 0 aliphatic rings. The Hall–Kier alpha value is -0.830. The van der Waals surface area contributed by atoms with Crippen molar-refractivity contribution in [2.45, 2.75) is 37.5 Å². The van der Waals surface area contributed by atoms with E-state index >= 15 is 0 Å². The van der Waals surface area contributed by atoms with Crippen LogP contribution in [0.1, 0.15) is 31.7 Å². The van der Waals surface area contributed by atoms with Crippen molar-refractivity contribution in [2.75, 3.05) is 0 Å². The molecule has 0 atom stereocenters. The van der Waals surface area contributed by atoms with Crippen molar-refractivity contribution in [1.82, 2.24) is 0 Å². The topological polar surface area (TPSA) is 34.1 Å². The molecule has 3 heteroatoms. The lowest BCUT2D eigenvalue weighted by Crippen LogP contribution is -1.87. The van der Waals surface area contributed by atoms with Gasteiger partial charge in [0.2, 0.25) is 0 Å². The second-order valence-electron chi connectivity index (χ2n) is 3.38. The molecule has 1 aromatic rings. The largest absolute Gasteiger partial charge is 0.227 e. The number of hydrogen-bond acceptors (Lipinski definition) is 2. The molecule has 78 valence electrons. The Bertz CT molecular complexity index is 348. The molecule has 14 heavy (non-hydrogen) atoms. The third-order valence-electron chi connectivity index (χ3n) is 2.19. The maximum atomic E-state index is 10.7. The smallest absolute Gasteiger partial charge is 0.168 e. The zero-order valence-electron chi connectivity index (χ0n) is 8.40. The molecular weight excluding hydrogens is 196 g/mol. The zero-order valence-corrected chi connectivity index (χ0v) is 9.30. The molecule has 0 unspecified atom stereocenters. The van der Waals surface area contributed by atoms with Gasteiger partial charge in [-0.15, -0.1) is 0 Å². The Morgan fingerprint density at radius 3 is 2.64 bits per heavy atom. The molecule has 0 fully saturated rings. The SMILES string of the molecule is CCCCCc1cccc([SH](=O)=O)c1. The molecule has 0 aliphatic heterocycles. The van der Waals surface area contributed by atoms with Crippen molar-refractivity contribution in [2.24, 2.45) is 0 Å². The van der Waals surface area contributed by atoms with E-state index in [0.717, 1.165) is 18.4 Å². The molecular formula is C11H16O2S. The van der Waals surface area contributed by atoms with Crippen LogP contribution in [0.25, 0.3) is 0 Å². The first-order chi connectivity index (χ1) is 6.74. The average Bonchev–Trinajstić information content (AvgIpc) is 2.19. The Labute approximate surface area is 86.9 Å². The molecule has 0 saturated carbocycles. The standard InChI is InChI=1S/C11H16O2S/c1-2-3-4-6-10-7-5-8-11(9-10)14(12)13/h5,7-9,14H,2-4,6H2,1H3. The van der Waals surface area contributed by atoms with Crippen molar-refractivity contribution in [3.63, 3.8) is 0 Å². The molecule has 0 N–H and O–H groups in total. The van der Waals surface area contributed by atoms with Crippen molar-refractivity contribution in [3.05, 3.63) is 29.8 Å². The maximum absolute atomic E-state index is 10.7. The summed E-state index contributed by atoms with van der Waals surface area (Å²) in [6.45, 7) is 2.16. The van der Waals surface area contributed by atoms with Gasteiger partial charge < -0.3 is 0 Å². The predicted octanol–water partition coefficient (Wildman–Crippen LogP) is 2.39. The summed E-state index contributed by atoms with van der Waals surface area (Å²) in [6, 6.07) is 7.19. The fourth-order valence-corrected chi connectivity index (χ4v) is 1.88. The van der Waals surface area contributed by atoms with Crippen LogP contribution in [0, 0.1) is 0 Å². The molecule has 0 heterocycles. The van der Waals surface area contributed by atoms with E-state index in [2.05, 4.69) is 6.92 Å². The minimum absolute atomic E-state index is 0.425. The van der Waals surface area contributed by atoms with E-state index in [1.165, 1.54) is 12.8 Å². The Balaban J connectivity index is 2.64. The average molecular weight is 212 g/mol. The summed E-state index contributed by atoms with van der Waals surface area (Å²) in [5.41, 5.74) is 1.12. The lowest BCUT2D eigenvalue weighted by Gasteiger charge is -2.00. The van der Waals surface area contributed by atoms with Gasteiger partial charge in [0.1, 0.15) is 0 Å². The first-order valence-corrected chi connectivity index (χ1v) is 6.15. The fourth-order valence-electron chi connectivity index (χ4n) is 1.40. The summed E-state index contributed by atoms with van der Waals surface area (Å²) in [6.07, 6.45) is 4.50. The first-order valence-electron chi connectivity index (χ1n) is 4.97. The third kappa shape index (κ3) is 3.50. The van der Waals surface area contributed by atoms with Crippen LogP contribution >= 0.6 is 0 Å². The monoisotopic (exact) mass is 212 g/mol. The predicted molar refractivity (Wildman–Crippen MR) is 58.3 cm³/mol. The molecule has 0 aromatic heterocycles. The molecule has 0 spiro atoms. The molecule has 2 nitrogen and oxygen atoms in total. The van der Waals surface area contributed by atoms with Crippen LogP contribution in [-0.2, 0) is 17.1 Å². The van der Waals surface area contributed by atoms with E-state index in [-0.39, 0.29) is 0 Å². The van der Waals surface area contributed by atoms with Gasteiger partial charge in [0.15, 0.2) is 10.7 Å². The van der Waals surface area contributed by atoms with Gasteiger partial charge in [-0.3, -0.25) is 0 Å². The fraction of sp³-hybridized carbons (Fsp3) is 0.455. The Morgan fingerprint density at radius 2 is 2.00 bits per heavy atom. The molecule has 1 rings (SSSR count). The van der Waals surface area contributed by atoms with Crippen LogP contribution in [0.4, 0.5) is 0 Å². The molecule has 0 amide bonds. The highest BCUT2D eigenvalue weighted by molar-refractivity contribution is 7.72. The van der Waals surface area contributed by atoms with E-state index < -0.39 is 10.7 Å². The highest BCUT2D eigenvalue weighted by Gasteiger charge is 1.97. The summed E-state index contributed by atoms with van der Waals surface area (Å²) >= 11 is 0. The van der Waals surface area contributed by atoms with Crippen molar-refractivity contribution in [3.8, 4) is 0 Å². The van der Waals surface area contributed by atoms with Crippen molar-refractivity contribution < 1.29 is 8.42 Å². The van der Waals surface area contributed by atoms with E-state index in [9.17, 15) is 8.42 Å². The first kappa shape index (κ1) is 11.2. The van der Waals surface area contributed by atoms with E-state index in [1.54, 1.807) is 12.1 Å². The van der Waals surface area contributed by atoms with Crippen LogP contribution in [0.5, 0.6) is 0 Å². The molecule has 0 aliphatic carbocycles. The number of thiol groups is 1. The van der Waals surface area contributed by atoms with E-state index in [4.69, 9.17) is 0 Å². The van der Waals surface area contributed by atoms with Gasteiger partial charge in [-0.2, -0.15) is 0 Å². The summed E-state index contributed by atoms with van der Waals surface area (Å²) in [4.78, 5) is 0.425. The quantitative estimate of drug-likeness (QED) is 0.600. The summed E-state index contributed by atoms with van der Waals surface area (Å²) in [5.74, 6) is 0. The van der Waals surface area contributed by atoms with Gasteiger partial charge in [-0.05, 0) is 30.5 Å².